The molecule has 1 aliphatic carbocycles. The lowest BCUT2D eigenvalue weighted by Crippen LogP contribution is -2.18. The van der Waals surface area contributed by atoms with Crippen molar-refractivity contribution in [3.63, 3.8) is 0 Å². The Morgan fingerprint density at radius 2 is 2.37 bits per heavy atom. The molecular formula is C14H18FNO3. The van der Waals surface area contributed by atoms with Crippen LogP contribution in [0.3, 0.4) is 0 Å². The monoisotopic (exact) mass is 267 g/mol. The van der Waals surface area contributed by atoms with Gasteiger partial charge in [-0.25, -0.2) is 4.39 Å². The number of hydrogen-bond acceptors (Lipinski definition) is 3. The highest BCUT2D eigenvalue weighted by atomic mass is 19.1. The van der Waals surface area contributed by atoms with Crippen LogP contribution in [0.5, 0.6) is 5.75 Å². The van der Waals surface area contributed by atoms with E-state index in [-0.39, 0.29) is 23.4 Å². The van der Waals surface area contributed by atoms with E-state index in [1.165, 1.54) is 6.07 Å². The van der Waals surface area contributed by atoms with Crippen LogP contribution in [0.2, 0.25) is 0 Å². The Kier molecular flexibility index (Phi) is 4.37. The molecule has 2 rings (SSSR count). The molecule has 0 bridgehead atoms. The first kappa shape index (κ1) is 13.8. The molecule has 2 N–H and O–H groups in total. The van der Waals surface area contributed by atoms with Gasteiger partial charge in [0.1, 0.15) is 0 Å². The molecule has 19 heavy (non-hydrogen) atoms. The topological polar surface area (TPSA) is 58.6 Å². The number of benzene rings is 1. The number of aliphatic carboxylic acids is 1. The van der Waals surface area contributed by atoms with Crippen LogP contribution >= 0.6 is 0 Å². The van der Waals surface area contributed by atoms with E-state index in [2.05, 4.69) is 5.32 Å². The third-order valence-corrected chi connectivity index (χ3v) is 3.27. The number of carboxylic acids is 1. The summed E-state index contributed by atoms with van der Waals surface area (Å²) in [5, 5.41) is 11.9. The van der Waals surface area contributed by atoms with Crippen LogP contribution in [-0.4, -0.2) is 24.2 Å². The van der Waals surface area contributed by atoms with Gasteiger partial charge < -0.3 is 15.2 Å². The van der Waals surface area contributed by atoms with Gasteiger partial charge in [-0.15, -0.1) is 0 Å². The van der Waals surface area contributed by atoms with E-state index >= 15 is 0 Å². The lowest BCUT2D eigenvalue weighted by atomic mass is 10.2. The molecule has 1 saturated carbocycles. The van der Waals surface area contributed by atoms with Crippen molar-refractivity contribution in [3.8, 4) is 5.75 Å². The van der Waals surface area contributed by atoms with Crippen LogP contribution in [0.1, 0.15) is 18.9 Å². The lowest BCUT2D eigenvalue weighted by molar-refractivity contribution is -0.138. The van der Waals surface area contributed by atoms with Crippen LogP contribution in [0, 0.1) is 17.7 Å². The zero-order valence-corrected chi connectivity index (χ0v) is 10.9. The van der Waals surface area contributed by atoms with Crippen molar-refractivity contribution in [2.45, 2.75) is 19.9 Å². The molecule has 0 aliphatic heterocycles. The summed E-state index contributed by atoms with van der Waals surface area (Å²) in [6.45, 7) is 3.44. The van der Waals surface area contributed by atoms with E-state index in [0.29, 0.717) is 19.7 Å². The number of carbonyl (C=O) groups is 1. The predicted molar refractivity (Wildman–Crippen MR) is 68.5 cm³/mol. The summed E-state index contributed by atoms with van der Waals surface area (Å²) >= 11 is 0. The van der Waals surface area contributed by atoms with Crippen LogP contribution in [0.4, 0.5) is 4.39 Å². The average Bonchev–Trinajstić information content (AvgIpc) is 3.12. The van der Waals surface area contributed by atoms with Crippen molar-refractivity contribution >= 4 is 5.97 Å². The average molecular weight is 267 g/mol. The van der Waals surface area contributed by atoms with Gasteiger partial charge in [0.05, 0.1) is 12.5 Å². The number of nitrogens with one attached hydrogen (secondary N) is 1. The van der Waals surface area contributed by atoms with Crippen molar-refractivity contribution in [1.29, 1.82) is 0 Å². The van der Waals surface area contributed by atoms with Gasteiger partial charge >= 0.3 is 5.97 Å². The highest BCUT2D eigenvalue weighted by Gasteiger charge is 2.42. The van der Waals surface area contributed by atoms with Crippen LogP contribution in [0.25, 0.3) is 0 Å². The number of hydrogen-bond donors (Lipinski definition) is 2. The van der Waals surface area contributed by atoms with Crippen molar-refractivity contribution in [2.24, 2.45) is 11.8 Å². The first-order valence-corrected chi connectivity index (χ1v) is 6.46. The molecule has 0 amide bonds. The smallest absolute Gasteiger partial charge is 0.306 e. The van der Waals surface area contributed by atoms with Crippen LogP contribution in [0.15, 0.2) is 18.2 Å². The molecule has 1 fully saturated rings. The summed E-state index contributed by atoms with van der Waals surface area (Å²) in [4.78, 5) is 10.7. The Balaban J connectivity index is 1.77. The number of rotatable bonds is 7. The summed E-state index contributed by atoms with van der Waals surface area (Å²) < 4.78 is 18.7. The molecule has 5 heteroatoms. The van der Waals surface area contributed by atoms with Gasteiger partial charge in [0.15, 0.2) is 11.6 Å². The lowest BCUT2D eigenvalue weighted by Gasteiger charge is -2.08. The van der Waals surface area contributed by atoms with Gasteiger partial charge in [0.2, 0.25) is 0 Å². The SMILES string of the molecule is CCOc1ccc(CNCC2CC2C(=O)O)cc1F. The maximum absolute atomic E-state index is 13.6. The predicted octanol–water partition coefficient (Wildman–Crippen LogP) is 2.03. The number of ether oxygens (including phenoxy) is 1. The van der Waals surface area contributed by atoms with Gasteiger partial charge in [0.25, 0.3) is 0 Å². The van der Waals surface area contributed by atoms with Crippen molar-refractivity contribution in [2.75, 3.05) is 13.2 Å². The van der Waals surface area contributed by atoms with E-state index in [9.17, 15) is 9.18 Å². The molecule has 0 heterocycles. The molecule has 0 aromatic heterocycles. The molecule has 2 unspecified atom stereocenters. The maximum atomic E-state index is 13.6. The normalized spacial score (nSPS) is 21.2. The van der Waals surface area contributed by atoms with Crippen molar-refractivity contribution in [1.82, 2.24) is 5.32 Å². The van der Waals surface area contributed by atoms with Gasteiger partial charge in [0, 0.05) is 6.54 Å². The molecule has 1 aromatic carbocycles. The van der Waals surface area contributed by atoms with Gasteiger partial charge in [-0.2, -0.15) is 0 Å². The summed E-state index contributed by atoms with van der Waals surface area (Å²) in [7, 11) is 0. The first-order chi connectivity index (χ1) is 9.11. The molecule has 0 saturated heterocycles. The fraction of sp³-hybridized carbons (Fsp3) is 0.500. The van der Waals surface area contributed by atoms with Gasteiger partial charge in [-0.3, -0.25) is 4.79 Å². The van der Waals surface area contributed by atoms with E-state index in [1.54, 1.807) is 6.07 Å². The first-order valence-electron chi connectivity index (χ1n) is 6.46. The zero-order valence-electron chi connectivity index (χ0n) is 10.9. The van der Waals surface area contributed by atoms with Gasteiger partial charge in [-0.1, -0.05) is 6.07 Å². The second-order valence-corrected chi connectivity index (χ2v) is 4.77. The summed E-state index contributed by atoms with van der Waals surface area (Å²) in [5.74, 6) is -0.816. The second kappa shape index (κ2) is 6.02. The van der Waals surface area contributed by atoms with Crippen LogP contribution < -0.4 is 10.1 Å². The Labute approximate surface area is 111 Å². The second-order valence-electron chi connectivity index (χ2n) is 4.77. The minimum absolute atomic E-state index is 0.204. The Morgan fingerprint density at radius 1 is 1.58 bits per heavy atom. The fourth-order valence-electron chi connectivity index (χ4n) is 2.10. The number of halogens is 1. The minimum atomic E-state index is -0.723. The molecule has 4 nitrogen and oxygen atoms in total. The molecular weight excluding hydrogens is 249 g/mol. The largest absolute Gasteiger partial charge is 0.491 e. The summed E-state index contributed by atoms with van der Waals surface area (Å²) in [6, 6.07) is 4.87. The zero-order chi connectivity index (χ0) is 13.8. The fourth-order valence-corrected chi connectivity index (χ4v) is 2.10. The highest BCUT2D eigenvalue weighted by molar-refractivity contribution is 5.73. The van der Waals surface area contributed by atoms with Crippen LogP contribution in [-0.2, 0) is 11.3 Å². The highest BCUT2D eigenvalue weighted by Crippen LogP contribution is 2.37. The third-order valence-electron chi connectivity index (χ3n) is 3.27. The van der Waals surface area contributed by atoms with E-state index in [4.69, 9.17) is 9.84 Å². The van der Waals surface area contributed by atoms with Crippen molar-refractivity contribution < 1.29 is 19.0 Å². The van der Waals surface area contributed by atoms with Gasteiger partial charge in [-0.05, 0) is 43.5 Å². The minimum Gasteiger partial charge on any atom is -0.491 e. The van der Waals surface area contributed by atoms with E-state index in [0.717, 1.165) is 12.0 Å². The van der Waals surface area contributed by atoms with E-state index < -0.39 is 5.97 Å². The summed E-state index contributed by atoms with van der Waals surface area (Å²) in [6.07, 6.45) is 0.736. The molecule has 0 spiro atoms. The molecule has 2 atom stereocenters. The van der Waals surface area contributed by atoms with Crippen molar-refractivity contribution in [3.05, 3.63) is 29.6 Å². The summed E-state index contributed by atoms with van der Waals surface area (Å²) in [5.41, 5.74) is 0.827. The van der Waals surface area contributed by atoms with E-state index in [1.807, 2.05) is 13.0 Å². The Bertz CT molecular complexity index is 464. The molecule has 104 valence electrons. The standard InChI is InChI=1S/C14H18FNO3/c1-2-19-13-4-3-9(5-12(13)15)7-16-8-10-6-11(10)14(17)18/h3-5,10-11,16H,2,6-8H2,1H3,(H,17,18). The maximum Gasteiger partial charge on any atom is 0.306 e. The molecule has 1 aromatic rings. The quantitative estimate of drug-likeness (QED) is 0.793. The third kappa shape index (κ3) is 3.67. The number of carboxylic acid groups (broad SMARTS) is 1. The Morgan fingerprint density at radius 3 is 2.95 bits per heavy atom. The molecule has 0 radical (unpaired) electrons. The molecule has 1 aliphatic rings. The Hall–Kier alpha value is -1.62.